The van der Waals surface area contributed by atoms with Gasteiger partial charge in [-0.1, -0.05) is 24.9 Å². The molecule has 1 unspecified atom stereocenters. The highest BCUT2D eigenvalue weighted by Crippen LogP contribution is 2.45. The van der Waals surface area contributed by atoms with Crippen LogP contribution in [0.5, 0.6) is 0 Å². The average Bonchev–Trinajstić information content (AvgIpc) is 3.57. The van der Waals surface area contributed by atoms with E-state index in [1.54, 1.807) is 12.3 Å². The first-order valence-electron chi connectivity index (χ1n) is 13.4. The third kappa shape index (κ3) is 4.52. The van der Waals surface area contributed by atoms with Gasteiger partial charge in [-0.15, -0.1) is 0 Å². The van der Waals surface area contributed by atoms with Gasteiger partial charge in [-0.2, -0.15) is 0 Å². The van der Waals surface area contributed by atoms with Gasteiger partial charge in [-0.3, -0.25) is 14.4 Å². The maximum Gasteiger partial charge on any atom is 0.257 e. The molecule has 2 aliphatic carbocycles. The first kappa shape index (κ1) is 24.1. The molecule has 3 amide bonds. The number of pyridine rings is 1. The van der Waals surface area contributed by atoms with Gasteiger partial charge >= 0.3 is 0 Å². The Labute approximate surface area is 215 Å². The maximum atomic E-state index is 13.6. The molecule has 196 valence electrons. The van der Waals surface area contributed by atoms with Crippen molar-refractivity contribution in [2.24, 2.45) is 11.8 Å². The summed E-state index contributed by atoms with van der Waals surface area (Å²) >= 11 is 0. The van der Waals surface area contributed by atoms with Crippen molar-refractivity contribution in [3.8, 4) is 0 Å². The lowest BCUT2D eigenvalue weighted by Gasteiger charge is -2.32. The molecule has 2 aromatic rings. The lowest BCUT2D eigenvalue weighted by molar-refractivity contribution is -0.124. The van der Waals surface area contributed by atoms with Crippen LogP contribution in [0.2, 0.25) is 0 Å². The zero-order chi connectivity index (χ0) is 25.6. The molecule has 3 N–H and O–H groups in total. The summed E-state index contributed by atoms with van der Waals surface area (Å²) in [5.74, 6) is 0.538. The highest BCUT2D eigenvalue weighted by molar-refractivity contribution is 6.07. The number of aromatic nitrogens is 2. The molecule has 0 radical (unpaired) electrons. The predicted molar refractivity (Wildman–Crippen MR) is 134 cm³/mol. The highest BCUT2D eigenvalue weighted by atomic mass is 16.5. The van der Waals surface area contributed by atoms with E-state index in [-0.39, 0.29) is 29.6 Å². The fourth-order valence-corrected chi connectivity index (χ4v) is 6.10. The zero-order valence-corrected chi connectivity index (χ0v) is 21.0. The molecule has 0 aromatic carbocycles. The summed E-state index contributed by atoms with van der Waals surface area (Å²) in [6.45, 7) is 3.28. The summed E-state index contributed by atoms with van der Waals surface area (Å²) < 4.78 is 10.6. The Kier molecular flexibility index (Phi) is 6.22. The molecule has 1 atom stereocenters. The van der Waals surface area contributed by atoms with E-state index in [1.165, 1.54) is 6.26 Å². The zero-order valence-electron chi connectivity index (χ0n) is 21.0. The van der Waals surface area contributed by atoms with Crippen molar-refractivity contribution in [2.45, 2.75) is 75.7 Å². The molecular formula is C27H33N5O5. The minimum Gasteiger partial charge on any atom is -0.381 e. The molecule has 4 heterocycles. The topological polar surface area (TPSA) is 135 Å². The number of amides is 3. The van der Waals surface area contributed by atoms with Crippen LogP contribution in [0.15, 0.2) is 23.0 Å². The number of nitrogens with one attached hydrogen (secondary N) is 3. The molecule has 1 spiro atoms. The van der Waals surface area contributed by atoms with Crippen LogP contribution in [0, 0.1) is 11.8 Å². The van der Waals surface area contributed by atoms with E-state index < -0.39 is 11.5 Å². The number of hydrogen-bond donors (Lipinski definition) is 3. The van der Waals surface area contributed by atoms with Crippen LogP contribution in [0.1, 0.15) is 85.8 Å². The number of hydrogen-bond acceptors (Lipinski definition) is 7. The van der Waals surface area contributed by atoms with Gasteiger partial charge in [-0.25, -0.2) is 4.98 Å². The molecule has 6 rings (SSSR count). The summed E-state index contributed by atoms with van der Waals surface area (Å²) in [5, 5.41) is 12.9. The Morgan fingerprint density at radius 3 is 2.62 bits per heavy atom. The van der Waals surface area contributed by atoms with Crippen molar-refractivity contribution in [1.82, 2.24) is 15.5 Å². The number of carbonyl (C=O) groups excluding carboxylic acids is 3. The van der Waals surface area contributed by atoms with Crippen molar-refractivity contribution in [3.63, 3.8) is 0 Å². The summed E-state index contributed by atoms with van der Waals surface area (Å²) in [5.41, 5.74) is 1.99. The van der Waals surface area contributed by atoms with Crippen LogP contribution < -0.4 is 16.0 Å². The largest absolute Gasteiger partial charge is 0.381 e. The monoisotopic (exact) mass is 507 g/mol. The van der Waals surface area contributed by atoms with Crippen molar-refractivity contribution < 1.29 is 23.6 Å². The Morgan fingerprint density at radius 1 is 1.14 bits per heavy atom. The first-order chi connectivity index (χ1) is 17.9. The lowest BCUT2D eigenvalue weighted by atomic mass is 9.76. The van der Waals surface area contributed by atoms with Crippen LogP contribution in [0.3, 0.4) is 0 Å². The maximum absolute atomic E-state index is 13.6. The number of ether oxygens (including phenoxy) is 1. The van der Waals surface area contributed by atoms with Gasteiger partial charge in [0, 0.05) is 37.0 Å². The van der Waals surface area contributed by atoms with E-state index in [2.05, 4.69) is 33.0 Å². The van der Waals surface area contributed by atoms with Crippen LogP contribution in [0.4, 0.5) is 11.5 Å². The minimum atomic E-state index is -0.714. The van der Waals surface area contributed by atoms with Crippen LogP contribution in [-0.4, -0.2) is 47.1 Å². The predicted octanol–water partition coefficient (Wildman–Crippen LogP) is 3.51. The molecule has 3 fully saturated rings. The average molecular weight is 508 g/mol. The van der Waals surface area contributed by atoms with Gasteiger partial charge in [0.05, 0.1) is 16.8 Å². The fraction of sp³-hybridized carbons (Fsp3) is 0.593. The van der Waals surface area contributed by atoms with Crippen LogP contribution >= 0.6 is 0 Å². The molecule has 2 aliphatic heterocycles. The number of rotatable bonds is 6. The molecule has 2 saturated carbocycles. The van der Waals surface area contributed by atoms with Gasteiger partial charge in [0.15, 0.2) is 0 Å². The van der Waals surface area contributed by atoms with E-state index in [4.69, 9.17) is 9.26 Å². The smallest absolute Gasteiger partial charge is 0.257 e. The van der Waals surface area contributed by atoms with Crippen LogP contribution in [-0.2, 0) is 19.7 Å². The van der Waals surface area contributed by atoms with E-state index in [0.717, 1.165) is 44.1 Å². The number of nitrogens with zero attached hydrogens (tertiary/aromatic N) is 2. The molecule has 4 aliphatic rings. The lowest BCUT2D eigenvalue weighted by Crippen LogP contribution is -2.49. The molecule has 2 aromatic heterocycles. The Hall–Kier alpha value is -3.27. The van der Waals surface area contributed by atoms with E-state index >= 15 is 0 Å². The molecule has 37 heavy (non-hydrogen) atoms. The van der Waals surface area contributed by atoms with Gasteiger partial charge < -0.3 is 25.2 Å². The Morgan fingerprint density at radius 2 is 1.89 bits per heavy atom. The summed E-state index contributed by atoms with van der Waals surface area (Å²) in [7, 11) is 0. The van der Waals surface area contributed by atoms with Crippen molar-refractivity contribution >= 4 is 29.2 Å². The van der Waals surface area contributed by atoms with Crippen molar-refractivity contribution in [1.29, 1.82) is 0 Å². The third-order valence-electron chi connectivity index (χ3n) is 8.61. The molecule has 0 bridgehead atoms. The quantitative estimate of drug-likeness (QED) is 0.544. The summed E-state index contributed by atoms with van der Waals surface area (Å²) in [6.07, 6.45) is 10.0. The molecule has 10 heteroatoms. The van der Waals surface area contributed by atoms with Gasteiger partial charge in [0.2, 0.25) is 11.8 Å². The standard InChI is InChI=1S/C27H33N5O5/c1-15-2-4-17(5-3-15)23(31-24(33)18-14-37-32-22(18)16-6-7-16)25(34)30-21-12-20-19(13-28-21)27(26(35)29-20)8-10-36-11-9-27/h12-17,23H,2-11H2,1H3,(H,29,35)(H,31,33)(H,28,30,34). The molecular weight excluding hydrogens is 474 g/mol. The molecule has 10 nitrogen and oxygen atoms in total. The number of carbonyl (C=O) groups is 3. The van der Waals surface area contributed by atoms with E-state index in [1.807, 2.05) is 0 Å². The van der Waals surface area contributed by atoms with Crippen LogP contribution in [0.25, 0.3) is 0 Å². The number of fused-ring (bicyclic) bond motifs is 2. The highest BCUT2D eigenvalue weighted by Gasteiger charge is 2.48. The van der Waals surface area contributed by atoms with Crippen molar-refractivity contribution in [3.05, 3.63) is 35.3 Å². The summed E-state index contributed by atoms with van der Waals surface area (Å²) in [4.78, 5) is 44.2. The summed E-state index contributed by atoms with van der Waals surface area (Å²) in [6, 6.07) is 0.996. The normalized spacial score (nSPS) is 25.3. The first-order valence-corrected chi connectivity index (χ1v) is 13.4. The second kappa shape index (κ2) is 9.55. The Bertz CT molecular complexity index is 1210. The van der Waals surface area contributed by atoms with Gasteiger partial charge in [0.25, 0.3) is 5.91 Å². The Balaban J connectivity index is 1.21. The second-order valence-electron chi connectivity index (χ2n) is 11.1. The van der Waals surface area contributed by atoms with Gasteiger partial charge in [-0.05, 0) is 50.4 Å². The molecule has 1 saturated heterocycles. The third-order valence-corrected chi connectivity index (χ3v) is 8.61. The number of anilines is 2. The van der Waals surface area contributed by atoms with Gasteiger partial charge in [0.1, 0.15) is 23.7 Å². The second-order valence-corrected chi connectivity index (χ2v) is 11.1. The minimum absolute atomic E-state index is 0.0176. The van der Waals surface area contributed by atoms with Crippen molar-refractivity contribution in [2.75, 3.05) is 23.8 Å². The fourth-order valence-electron chi connectivity index (χ4n) is 6.10. The van der Waals surface area contributed by atoms with E-state index in [9.17, 15) is 14.4 Å². The SMILES string of the molecule is CC1CCC(C(NC(=O)c2conc2C2CC2)C(=O)Nc2cc3c(cn2)C2(CCOCC2)C(=O)N3)CC1. The van der Waals surface area contributed by atoms with E-state index in [0.29, 0.717) is 54.7 Å².